The number of rotatable bonds is 4. The molecule has 33 heavy (non-hydrogen) atoms. The van der Waals surface area contributed by atoms with E-state index in [9.17, 15) is 9.18 Å². The van der Waals surface area contributed by atoms with E-state index in [1.54, 1.807) is 12.1 Å². The Balaban J connectivity index is 1.39. The van der Waals surface area contributed by atoms with Gasteiger partial charge in [-0.15, -0.1) is 0 Å². The van der Waals surface area contributed by atoms with Crippen molar-refractivity contribution in [2.45, 2.75) is 25.3 Å². The van der Waals surface area contributed by atoms with Crippen molar-refractivity contribution in [3.05, 3.63) is 70.1 Å². The van der Waals surface area contributed by atoms with Crippen LogP contribution < -0.4 is 0 Å². The average Bonchev–Trinajstić information content (AvgIpc) is 3.11. The van der Waals surface area contributed by atoms with Crippen molar-refractivity contribution in [3.8, 4) is 0 Å². The first-order valence-corrected chi connectivity index (χ1v) is 12.0. The highest BCUT2D eigenvalue weighted by molar-refractivity contribution is 6.31. The number of carbonyl (C=O) groups excluding carboxylic acids is 1. The summed E-state index contributed by atoms with van der Waals surface area (Å²) in [5.41, 5.74) is 3.55. The van der Waals surface area contributed by atoms with Crippen LogP contribution in [0.3, 0.4) is 0 Å². The molecule has 174 valence electrons. The molecule has 7 heteroatoms. The second-order valence-electron chi connectivity index (χ2n) is 8.99. The molecule has 2 saturated heterocycles. The summed E-state index contributed by atoms with van der Waals surface area (Å²) in [7, 11) is 1.98. The molecule has 2 aromatic carbocycles. The number of aromatic nitrogens is 1. The zero-order valence-corrected chi connectivity index (χ0v) is 19.7. The molecule has 0 aliphatic carbocycles. The van der Waals surface area contributed by atoms with Crippen LogP contribution in [0.2, 0.25) is 5.02 Å². The van der Waals surface area contributed by atoms with E-state index in [-0.39, 0.29) is 17.6 Å². The molecule has 0 unspecified atom stereocenters. The summed E-state index contributed by atoms with van der Waals surface area (Å²) in [6.45, 7) is 4.77. The predicted octanol–water partition coefficient (Wildman–Crippen LogP) is 4.82. The van der Waals surface area contributed by atoms with Crippen LogP contribution in [0.25, 0.3) is 10.9 Å². The van der Waals surface area contributed by atoms with E-state index in [0.29, 0.717) is 43.4 Å². The van der Waals surface area contributed by atoms with E-state index in [4.69, 9.17) is 16.3 Å². The molecule has 0 radical (unpaired) electrons. The van der Waals surface area contributed by atoms with Gasteiger partial charge in [0.2, 0.25) is 0 Å². The van der Waals surface area contributed by atoms with Gasteiger partial charge in [0, 0.05) is 53.7 Å². The Morgan fingerprint density at radius 3 is 2.52 bits per heavy atom. The summed E-state index contributed by atoms with van der Waals surface area (Å²) < 4.78 is 21.9. The Bertz CT molecular complexity index is 1140. The molecule has 0 bridgehead atoms. The lowest BCUT2D eigenvalue weighted by molar-refractivity contribution is 0.0295. The van der Waals surface area contributed by atoms with Crippen LogP contribution in [0.5, 0.6) is 0 Å². The number of amides is 1. The van der Waals surface area contributed by atoms with Crippen LogP contribution in [0.4, 0.5) is 4.39 Å². The highest BCUT2D eigenvalue weighted by Gasteiger charge is 2.29. The summed E-state index contributed by atoms with van der Waals surface area (Å²) in [5.74, 6) is -0.0228. The van der Waals surface area contributed by atoms with Crippen molar-refractivity contribution in [1.29, 1.82) is 0 Å². The number of ether oxygens (including phenoxy) is 1. The second kappa shape index (κ2) is 9.45. The van der Waals surface area contributed by atoms with Gasteiger partial charge in [0.1, 0.15) is 11.5 Å². The van der Waals surface area contributed by atoms with Crippen molar-refractivity contribution in [2.24, 2.45) is 7.05 Å². The Hall–Kier alpha value is -2.41. The molecule has 1 amide bonds. The third-order valence-corrected chi connectivity index (χ3v) is 7.42. The first-order valence-electron chi connectivity index (χ1n) is 11.6. The van der Waals surface area contributed by atoms with Crippen LogP contribution in [-0.4, -0.2) is 59.7 Å². The average molecular weight is 470 g/mol. The van der Waals surface area contributed by atoms with Gasteiger partial charge in [-0.2, -0.15) is 0 Å². The smallest absolute Gasteiger partial charge is 0.271 e. The first-order chi connectivity index (χ1) is 16.0. The van der Waals surface area contributed by atoms with Crippen LogP contribution in [0.15, 0.2) is 42.5 Å². The molecule has 1 aromatic heterocycles. The normalized spacial score (nSPS) is 18.2. The van der Waals surface area contributed by atoms with Gasteiger partial charge in [-0.25, -0.2) is 4.39 Å². The fourth-order valence-corrected chi connectivity index (χ4v) is 5.64. The zero-order valence-electron chi connectivity index (χ0n) is 18.9. The maximum absolute atomic E-state index is 14.4. The Kier molecular flexibility index (Phi) is 6.41. The Morgan fingerprint density at radius 2 is 1.79 bits per heavy atom. The fraction of sp³-hybridized carbons (Fsp3) is 0.423. The minimum Gasteiger partial charge on any atom is -0.378 e. The van der Waals surface area contributed by atoms with Crippen molar-refractivity contribution in [1.82, 2.24) is 14.4 Å². The number of hydrogen-bond acceptors (Lipinski definition) is 3. The van der Waals surface area contributed by atoms with Crippen molar-refractivity contribution in [2.75, 3.05) is 39.4 Å². The van der Waals surface area contributed by atoms with Gasteiger partial charge < -0.3 is 14.2 Å². The summed E-state index contributed by atoms with van der Waals surface area (Å²) in [6, 6.07) is 13.1. The number of para-hydroxylation sites is 1. The summed E-state index contributed by atoms with van der Waals surface area (Å²) >= 11 is 6.32. The number of morpholine rings is 1. The molecule has 2 fully saturated rings. The number of likely N-dealkylation sites (tertiary alicyclic amines) is 1. The Labute approximate surface area is 198 Å². The molecular weight excluding hydrogens is 441 g/mol. The highest BCUT2D eigenvalue weighted by Crippen LogP contribution is 2.36. The van der Waals surface area contributed by atoms with Crippen molar-refractivity contribution >= 4 is 28.4 Å². The third kappa shape index (κ3) is 4.27. The molecule has 0 N–H and O–H groups in total. The molecule has 3 heterocycles. The number of aryl methyl sites for hydroxylation is 1. The quantitative estimate of drug-likeness (QED) is 0.549. The second-order valence-corrected chi connectivity index (χ2v) is 9.40. The van der Waals surface area contributed by atoms with Crippen LogP contribution in [-0.2, 0) is 18.3 Å². The largest absolute Gasteiger partial charge is 0.378 e. The standard InChI is InChI=1S/C26H29ClFN3O2/c1-29-23-8-3-2-5-19(23)20(25(29)26(32)31-13-15-33-16-14-31)17-30-11-9-18(10-12-30)24-21(27)6-4-7-22(24)28/h2-8,18H,9-17H2,1H3. The predicted molar refractivity (Wildman–Crippen MR) is 128 cm³/mol. The first kappa shape index (κ1) is 22.4. The fourth-order valence-electron chi connectivity index (χ4n) is 5.32. The lowest BCUT2D eigenvalue weighted by atomic mass is 9.88. The number of hydrogen-bond donors (Lipinski definition) is 0. The number of fused-ring (bicyclic) bond motifs is 1. The van der Waals surface area contributed by atoms with Crippen LogP contribution in [0.1, 0.15) is 40.4 Å². The minimum absolute atomic E-state index is 0.0695. The number of halogens is 2. The molecule has 0 saturated carbocycles. The summed E-state index contributed by atoms with van der Waals surface area (Å²) in [4.78, 5) is 17.8. The minimum atomic E-state index is -0.214. The van der Waals surface area contributed by atoms with E-state index >= 15 is 0 Å². The molecule has 0 spiro atoms. The molecule has 5 rings (SSSR count). The lowest BCUT2D eigenvalue weighted by Crippen LogP contribution is -2.42. The lowest BCUT2D eigenvalue weighted by Gasteiger charge is -2.33. The van der Waals surface area contributed by atoms with Gasteiger partial charge in [-0.05, 0) is 50.0 Å². The molecular formula is C26H29ClFN3O2. The SMILES string of the molecule is Cn1c(C(=O)N2CCOCC2)c(CN2CCC(c3c(F)cccc3Cl)CC2)c2ccccc21. The van der Waals surface area contributed by atoms with E-state index in [1.807, 2.05) is 28.6 Å². The molecule has 0 atom stereocenters. The maximum atomic E-state index is 14.4. The van der Waals surface area contributed by atoms with Crippen molar-refractivity contribution < 1.29 is 13.9 Å². The summed E-state index contributed by atoms with van der Waals surface area (Å²) in [6.07, 6.45) is 1.69. The third-order valence-electron chi connectivity index (χ3n) is 7.09. The molecule has 3 aromatic rings. The summed E-state index contributed by atoms with van der Waals surface area (Å²) in [5, 5.41) is 1.64. The number of piperidine rings is 1. The van der Waals surface area contributed by atoms with Gasteiger partial charge in [0.25, 0.3) is 5.91 Å². The van der Waals surface area contributed by atoms with E-state index in [0.717, 1.165) is 48.1 Å². The molecule has 2 aliphatic rings. The zero-order chi connectivity index (χ0) is 22.9. The van der Waals surface area contributed by atoms with Crippen molar-refractivity contribution in [3.63, 3.8) is 0 Å². The molecule has 5 nitrogen and oxygen atoms in total. The number of nitrogens with zero attached hydrogens (tertiary/aromatic N) is 3. The van der Waals surface area contributed by atoms with Crippen LogP contribution >= 0.6 is 11.6 Å². The monoisotopic (exact) mass is 469 g/mol. The van der Waals surface area contributed by atoms with Gasteiger partial charge in [-0.3, -0.25) is 9.69 Å². The Morgan fingerprint density at radius 1 is 1.06 bits per heavy atom. The van der Waals surface area contributed by atoms with Gasteiger partial charge in [0.05, 0.1) is 13.2 Å². The van der Waals surface area contributed by atoms with Crippen LogP contribution in [0, 0.1) is 5.82 Å². The maximum Gasteiger partial charge on any atom is 0.271 e. The van der Waals surface area contributed by atoms with E-state index in [1.165, 1.54) is 6.07 Å². The topological polar surface area (TPSA) is 37.7 Å². The van der Waals surface area contributed by atoms with Gasteiger partial charge in [0.15, 0.2) is 0 Å². The number of benzene rings is 2. The van der Waals surface area contributed by atoms with E-state index in [2.05, 4.69) is 17.0 Å². The highest BCUT2D eigenvalue weighted by atomic mass is 35.5. The van der Waals surface area contributed by atoms with Gasteiger partial charge in [-0.1, -0.05) is 35.9 Å². The number of carbonyl (C=O) groups is 1. The molecule has 2 aliphatic heterocycles. The van der Waals surface area contributed by atoms with Gasteiger partial charge >= 0.3 is 0 Å². The van der Waals surface area contributed by atoms with E-state index < -0.39 is 0 Å².